The zero-order valence-corrected chi connectivity index (χ0v) is 15.2. The predicted molar refractivity (Wildman–Crippen MR) is 95.3 cm³/mol. The summed E-state index contributed by atoms with van der Waals surface area (Å²) in [5, 5.41) is 8.62. The molecule has 0 bridgehead atoms. The van der Waals surface area contributed by atoms with E-state index in [1.807, 2.05) is 36.3 Å². The van der Waals surface area contributed by atoms with Crippen molar-refractivity contribution in [1.29, 1.82) is 0 Å². The summed E-state index contributed by atoms with van der Waals surface area (Å²) in [5.74, 6) is 1.49. The van der Waals surface area contributed by atoms with Crippen molar-refractivity contribution in [2.75, 3.05) is 13.1 Å². The highest BCUT2D eigenvalue weighted by Crippen LogP contribution is 2.51. The third-order valence-electron chi connectivity index (χ3n) is 6.25. The summed E-state index contributed by atoms with van der Waals surface area (Å²) in [6, 6.07) is 3.85. The monoisotopic (exact) mass is 341 g/mol. The Morgan fingerprint density at radius 3 is 2.80 bits per heavy atom. The van der Waals surface area contributed by atoms with Gasteiger partial charge in [0.25, 0.3) is 5.91 Å². The van der Waals surface area contributed by atoms with Gasteiger partial charge in [0.15, 0.2) is 0 Å². The van der Waals surface area contributed by atoms with Crippen molar-refractivity contribution >= 4 is 5.91 Å². The molecule has 0 radical (unpaired) electrons. The van der Waals surface area contributed by atoms with Crippen LogP contribution < -0.4 is 0 Å². The topological polar surface area (TPSA) is 56.0 Å². The maximum Gasteiger partial charge on any atom is 0.270 e. The zero-order chi connectivity index (χ0) is 17.4. The van der Waals surface area contributed by atoms with Crippen molar-refractivity contribution in [3.63, 3.8) is 0 Å². The summed E-state index contributed by atoms with van der Waals surface area (Å²) >= 11 is 0. The van der Waals surface area contributed by atoms with E-state index in [1.165, 1.54) is 32.1 Å². The molecule has 134 valence electrons. The van der Waals surface area contributed by atoms with Crippen molar-refractivity contribution in [2.24, 2.45) is 12.5 Å². The van der Waals surface area contributed by atoms with Gasteiger partial charge < -0.3 is 14.0 Å². The number of hydrogen-bond acceptors (Lipinski definition) is 3. The number of carbonyl (C=O) groups is 1. The van der Waals surface area contributed by atoms with Gasteiger partial charge in [-0.05, 0) is 37.3 Å². The molecule has 2 aromatic heterocycles. The molecule has 2 fully saturated rings. The van der Waals surface area contributed by atoms with Crippen LogP contribution in [0.25, 0.3) is 0 Å². The fourth-order valence-electron chi connectivity index (χ4n) is 4.86. The summed E-state index contributed by atoms with van der Waals surface area (Å²) in [4.78, 5) is 15.1. The Kier molecular flexibility index (Phi) is 4.13. The summed E-state index contributed by atoms with van der Waals surface area (Å²) in [6.07, 6.45) is 9.95. The van der Waals surface area contributed by atoms with Gasteiger partial charge in [-0.15, -0.1) is 10.2 Å². The van der Waals surface area contributed by atoms with Gasteiger partial charge in [-0.1, -0.05) is 19.3 Å². The maximum atomic E-state index is 13.1. The predicted octanol–water partition coefficient (Wildman–Crippen LogP) is 2.83. The number of carbonyl (C=O) groups excluding carboxylic acids is 1. The lowest BCUT2D eigenvalue weighted by atomic mass is 9.67. The van der Waals surface area contributed by atoms with Gasteiger partial charge >= 0.3 is 0 Å². The highest BCUT2D eigenvalue weighted by Gasteiger charge is 2.50. The number of rotatable bonds is 3. The first-order valence-electron chi connectivity index (χ1n) is 9.43. The molecule has 6 nitrogen and oxygen atoms in total. The summed E-state index contributed by atoms with van der Waals surface area (Å²) in [5.41, 5.74) is 0.933. The molecular weight excluding hydrogens is 314 g/mol. The van der Waals surface area contributed by atoms with Gasteiger partial charge in [-0.25, -0.2) is 0 Å². The molecule has 1 aliphatic heterocycles. The molecule has 25 heavy (non-hydrogen) atoms. The second-order valence-electron chi connectivity index (χ2n) is 7.64. The average Bonchev–Trinajstić information content (AvgIpc) is 3.33. The molecule has 6 heteroatoms. The molecular formula is C19H27N5O. The van der Waals surface area contributed by atoms with E-state index >= 15 is 0 Å². The van der Waals surface area contributed by atoms with E-state index < -0.39 is 0 Å². The summed E-state index contributed by atoms with van der Waals surface area (Å²) in [7, 11) is 1.94. The van der Waals surface area contributed by atoms with Crippen LogP contribution in [0.5, 0.6) is 0 Å². The first-order valence-corrected chi connectivity index (χ1v) is 9.43. The minimum absolute atomic E-state index is 0.141. The molecule has 1 amide bonds. The minimum Gasteiger partial charge on any atom is -0.347 e. The van der Waals surface area contributed by atoms with Crippen LogP contribution in [0, 0.1) is 5.41 Å². The van der Waals surface area contributed by atoms with E-state index in [1.54, 1.807) is 0 Å². The number of aryl methyl sites for hydroxylation is 2. The maximum absolute atomic E-state index is 13.1. The highest BCUT2D eigenvalue weighted by atomic mass is 16.2. The zero-order valence-electron chi connectivity index (χ0n) is 15.2. The SMILES string of the molecule is CCn1cnnc1C1CN(C(=O)c2cccn2C)CC12CCCCC2. The van der Waals surface area contributed by atoms with Crippen molar-refractivity contribution in [3.05, 3.63) is 36.2 Å². The smallest absolute Gasteiger partial charge is 0.270 e. The number of likely N-dealkylation sites (tertiary alicyclic amines) is 1. The van der Waals surface area contributed by atoms with E-state index in [9.17, 15) is 4.79 Å². The highest BCUT2D eigenvalue weighted by molar-refractivity contribution is 5.93. The van der Waals surface area contributed by atoms with Crippen molar-refractivity contribution in [3.8, 4) is 0 Å². The lowest BCUT2D eigenvalue weighted by molar-refractivity contribution is 0.0749. The van der Waals surface area contributed by atoms with E-state index in [4.69, 9.17) is 0 Å². The molecule has 0 aromatic carbocycles. The molecule has 1 saturated carbocycles. The van der Waals surface area contributed by atoms with Crippen LogP contribution in [0.4, 0.5) is 0 Å². The quantitative estimate of drug-likeness (QED) is 0.862. The van der Waals surface area contributed by atoms with Crippen molar-refractivity contribution < 1.29 is 4.79 Å². The Morgan fingerprint density at radius 2 is 2.12 bits per heavy atom. The van der Waals surface area contributed by atoms with Crippen LogP contribution in [0.2, 0.25) is 0 Å². The van der Waals surface area contributed by atoms with Crippen molar-refractivity contribution in [1.82, 2.24) is 24.2 Å². The molecule has 2 aromatic rings. The Bertz CT molecular complexity index is 755. The fraction of sp³-hybridized carbons (Fsp3) is 0.632. The number of aromatic nitrogens is 4. The first kappa shape index (κ1) is 16.4. The number of hydrogen-bond donors (Lipinski definition) is 0. The van der Waals surface area contributed by atoms with E-state index in [0.717, 1.165) is 31.2 Å². The van der Waals surface area contributed by atoms with Crippen LogP contribution >= 0.6 is 0 Å². The second kappa shape index (κ2) is 6.32. The molecule has 1 spiro atoms. The lowest BCUT2D eigenvalue weighted by Gasteiger charge is -2.37. The van der Waals surface area contributed by atoms with Gasteiger partial charge in [-0.3, -0.25) is 4.79 Å². The van der Waals surface area contributed by atoms with E-state index in [0.29, 0.717) is 5.92 Å². The third kappa shape index (κ3) is 2.68. The van der Waals surface area contributed by atoms with E-state index in [2.05, 4.69) is 26.6 Å². The van der Waals surface area contributed by atoms with Gasteiger partial charge in [0.2, 0.25) is 0 Å². The minimum atomic E-state index is 0.141. The number of nitrogens with zero attached hydrogens (tertiary/aromatic N) is 5. The lowest BCUT2D eigenvalue weighted by Crippen LogP contribution is -2.35. The van der Waals surface area contributed by atoms with Crippen LogP contribution in [0.15, 0.2) is 24.7 Å². The standard InChI is InChI=1S/C19H27N5O/c1-3-23-14-20-21-17(23)15-12-24(13-19(15)9-5-4-6-10-19)18(25)16-8-7-11-22(16)2/h7-8,11,14-15H,3-6,9-10,12-13H2,1-2H3. The largest absolute Gasteiger partial charge is 0.347 e. The van der Waals surface area contributed by atoms with Crippen LogP contribution in [0.1, 0.15) is 61.3 Å². The third-order valence-corrected chi connectivity index (χ3v) is 6.25. The Hall–Kier alpha value is -2.11. The molecule has 2 aliphatic rings. The molecule has 4 rings (SSSR count). The van der Waals surface area contributed by atoms with Gasteiger partial charge in [0.1, 0.15) is 17.8 Å². The molecule has 1 atom stereocenters. The molecule has 0 N–H and O–H groups in total. The van der Waals surface area contributed by atoms with Crippen LogP contribution in [-0.2, 0) is 13.6 Å². The van der Waals surface area contributed by atoms with Crippen LogP contribution in [-0.4, -0.2) is 43.2 Å². The van der Waals surface area contributed by atoms with Crippen molar-refractivity contribution in [2.45, 2.75) is 51.5 Å². The van der Waals surface area contributed by atoms with Crippen LogP contribution in [0.3, 0.4) is 0 Å². The number of amides is 1. The first-order chi connectivity index (χ1) is 12.1. The second-order valence-corrected chi connectivity index (χ2v) is 7.64. The van der Waals surface area contributed by atoms with Gasteiger partial charge in [0.05, 0.1) is 0 Å². The summed E-state index contributed by atoms with van der Waals surface area (Å²) < 4.78 is 4.06. The molecule has 1 unspecified atom stereocenters. The van der Waals surface area contributed by atoms with Gasteiger partial charge in [-0.2, -0.15) is 0 Å². The normalized spacial score (nSPS) is 22.6. The summed E-state index contributed by atoms with van der Waals surface area (Å²) in [6.45, 7) is 4.60. The molecule has 3 heterocycles. The Labute approximate surface area is 148 Å². The Balaban J connectivity index is 1.67. The average molecular weight is 341 g/mol. The van der Waals surface area contributed by atoms with E-state index in [-0.39, 0.29) is 11.3 Å². The molecule has 1 saturated heterocycles. The fourth-order valence-corrected chi connectivity index (χ4v) is 4.86. The Morgan fingerprint density at radius 1 is 1.32 bits per heavy atom. The van der Waals surface area contributed by atoms with Gasteiger partial charge in [0, 0.05) is 38.8 Å². The molecule has 1 aliphatic carbocycles.